The lowest BCUT2D eigenvalue weighted by molar-refractivity contribution is -0.117. The lowest BCUT2D eigenvalue weighted by Gasteiger charge is -2.29. The molecule has 0 unspecified atom stereocenters. The van der Waals surface area contributed by atoms with Crippen molar-refractivity contribution in [2.75, 3.05) is 11.4 Å². The second-order valence-electron chi connectivity index (χ2n) is 6.85. The van der Waals surface area contributed by atoms with Crippen LogP contribution in [0, 0.1) is 0 Å². The van der Waals surface area contributed by atoms with Crippen LogP contribution >= 0.6 is 0 Å². The number of carbonyl (C=O) groups excluding carboxylic acids is 1. The van der Waals surface area contributed by atoms with E-state index in [1.165, 1.54) is 0 Å². The lowest BCUT2D eigenvalue weighted by atomic mass is 9.89. The van der Waals surface area contributed by atoms with Crippen molar-refractivity contribution in [1.29, 1.82) is 0 Å². The molecule has 0 atom stereocenters. The first-order valence-corrected chi connectivity index (χ1v) is 8.82. The fourth-order valence-electron chi connectivity index (χ4n) is 4.03. The second kappa shape index (κ2) is 5.40. The number of H-pyrrole nitrogens is 1. The number of hydrogen-bond donors (Lipinski definition) is 1. The zero-order valence-corrected chi connectivity index (χ0v) is 13.8. The third kappa shape index (κ3) is 2.18. The predicted octanol–water partition coefficient (Wildman–Crippen LogP) is 1.87. The summed E-state index contributed by atoms with van der Waals surface area (Å²) in [5.41, 5.74) is 3.83. The van der Waals surface area contributed by atoms with E-state index in [2.05, 4.69) is 15.2 Å². The van der Waals surface area contributed by atoms with Crippen molar-refractivity contribution in [2.45, 2.75) is 44.9 Å². The highest BCUT2D eigenvalue weighted by molar-refractivity contribution is 5.96. The second-order valence-corrected chi connectivity index (χ2v) is 6.85. The Morgan fingerprint density at radius 3 is 2.72 bits per heavy atom. The number of hydrogen-bond acceptors (Lipinski definition) is 5. The number of rotatable bonds is 3. The van der Waals surface area contributed by atoms with Crippen LogP contribution in [0.3, 0.4) is 0 Å². The summed E-state index contributed by atoms with van der Waals surface area (Å²) in [5, 5.41) is 6.94. The molecule has 1 fully saturated rings. The molecule has 128 valence electrons. The Balaban J connectivity index is 1.53. The predicted molar refractivity (Wildman–Crippen MR) is 90.2 cm³/mol. The number of nitrogens with one attached hydrogen (secondary N) is 1. The quantitative estimate of drug-likeness (QED) is 0.787. The third-order valence-electron chi connectivity index (χ3n) is 5.35. The Morgan fingerprint density at radius 1 is 1.12 bits per heavy atom. The fraction of sp³-hybridized carbons (Fsp3) is 0.444. The van der Waals surface area contributed by atoms with Gasteiger partial charge >= 0.3 is 0 Å². The summed E-state index contributed by atoms with van der Waals surface area (Å²) in [6, 6.07) is 0. The first-order valence-electron chi connectivity index (χ1n) is 8.82. The number of fused-ring (bicyclic) bond motifs is 3. The van der Waals surface area contributed by atoms with Crippen LogP contribution in [0.1, 0.15) is 48.1 Å². The minimum Gasteiger partial charge on any atom is -0.451 e. The largest absolute Gasteiger partial charge is 0.451 e. The molecule has 2 bridgehead atoms. The fourth-order valence-corrected chi connectivity index (χ4v) is 4.03. The van der Waals surface area contributed by atoms with Crippen molar-refractivity contribution in [3.8, 4) is 11.5 Å². The molecule has 3 aliphatic heterocycles. The summed E-state index contributed by atoms with van der Waals surface area (Å²) in [6.45, 7) is 0.688. The molecule has 0 aromatic carbocycles. The molecule has 1 aliphatic carbocycles. The van der Waals surface area contributed by atoms with E-state index in [9.17, 15) is 9.59 Å². The summed E-state index contributed by atoms with van der Waals surface area (Å²) in [7, 11) is 0. The van der Waals surface area contributed by atoms with Gasteiger partial charge in [0.2, 0.25) is 5.91 Å². The molecular formula is C18H18N4O3. The maximum atomic E-state index is 12.0. The van der Waals surface area contributed by atoms with E-state index in [4.69, 9.17) is 4.74 Å². The molecule has 0 radical (unpaired) electrons. The Morgan fingerprint density at radius 2 is 1.96 bits per heavy atom. The van der Waals surface area contributed by atoms with Gasteiger partial charge in [0.1, 0.15) is 0 Å². The maximum absolute atomic E-state index is 12.0. The minimum absolute atomic E-state index is 0.0645. The number of pyridine rings is 1. The van der Waals surface area contributed by atoms with Crippen LogP contribution in [-0.4, -0.2) is 27.6 Å². The molecule has 4 aliphatic rings. The summed E-state index contributed by atoms with van der Waals surface area (Å²) in [4.78, 5) is 30.1. The van der Waals surface area contributed by atoms with Gasteiger partial charge in [-0.3, -0.25) is 14.5 Å². The van der Waals surface area contributed by atoms with Crippen molar-refractivity contribution < 1.29 is 9.53 Å². The van der Waals surface area contributed by atoms with Crippen LogP contribution < -0.4 is 15.2 Å². The van der Waals surface area contributed by atoms with Gasteiger partial charge in [0.25, 0.3) is 5.56 Å². The highest BCUT2D eigenvalue weighted by Crippen LogP contribution is 2.49. The number of aromatic nitrogens is 3. The molecule has 2 aromatic rings. The van der Waals surface area contributed by atoms with E-state index >= 15 is 0 Å². The van der Waals surface area contributed by atoms with Crippen molar-refractivity contribution >= 4 is 11.7 Å². The molecular weight excluding hydrogens is 320 g/mol. The Bertz CT molecular complexity index is 950. The number of nitrogens with zero attached hydrogens (tertiary/aromatic N) is 3. The molecule has 7 nitrogen and oxygen atoms in total. The van der Waals surface area contributed by atoms with E-state index in [0.29, 0.717) is 31.0 Å². The van der Waals surface area contributed by atoms with Crippen LogP contribution in [0.4, 0.5) is 5.82 Å². The Labute approximate surface area is 144 Å². The molecule has 2 aromatic heterocycles. The van der Waals surface area contributed by atoms with E-state index in [-0.39, 0.29) is 11.5 Å². The zero-order valence-electron chi connectivity index (χ0n) is 13.8. The monoisotopic (exact) mass is 338 g/mol. The summed E-state index contributed by atoms with van der Waals surface area (Å²) in [6.07, 6.45) is 7.55. The number of carbonyl (C=O) groups is 1. The van der Waals surface area contributed by atoms with Gasteiger partial charge in [-0.25, -0.2) is 10.1 Å². The van der Waals surface area contributed by atoms with Gasteiger partial charge in [-0.1, -0.05) is 0 Å². The molecule has 1 N–H and O–H groups in total. The Hall–Kier alpha value is -2.70. The highest BCUT2D eigenvalue weighted by Gasteiger charge is 2.34. The van der Waals surface area contributed by atoms with Crippen molar-refractivity contribution in [2.24, 2.45) is 0 Å². The third-order valence-corrected chi connectivity index (χ3v) is 5.35. The van der Waals surface area contributed by atoms with Gasteiger partial charge in [-0.15, -0.1) is 0 Å². The van der Waals surface area contributed by atoms with Crippen LogP contribution in [-0.2, 0) is 24.1 Å². The summed E-state index contributed by atoms with van der Waals surface area (Å²) >= 11 is 0. The van der Waals surface area contributed by atoms with Crippen molar-refractivity contribution in [1.82, 2.24) is 15.2 Å². The van der Waals surface area contributed by atoms with Gasteiger partial charge in [-0.2, -0.15) is 5.10 Å². The van der Waals surface area contributed by atoms with E-state index in [1.54, 1.807) is 11.1 Å². The van der Waals surface area contributed by atoms with Crippen LogP contribution in [0.2, 0.25) is 0 Å². The molecule has 1 amide bonds. The smallest absolute Gasteiger partial charge is 0.267 e. The van der Waals surface area contributed by atoms with E-state index < -0.39 is 0 Å². The summed E-state index contributed by atoms with van der Waals surface area (Å²) in [5.74, 6) is 2.14. The number of amides is 1. The van der Waals surface area contributed by atoms with Gasteiger partial charge in [-0.05, 0) is 37.7 Å². The number of ether oxygens (including phenoxy) is 1. The first-order chi connectivity index (χ1) is 12.2. The van der Waals surface area contributed by atoms with Crippen LogP contribution in [0.25, 0.3) is 0 Å². The molecule has 6 rings (SSSR count). The van der Waals surface area contributed by atoms with Gasteiger partial charge in [0.15, 0.2) is 17.3 Å². The standard InChI is InChI=1S/C18H18N4O3/c23-15-6-3-7-22(15)17-16-12(14(25-16)9-19-17)8-13-10-4-1-2-5-11(10)18(24)21-20-13/h9H,1-8H2,(H,21,24). The van der Waals surface area contributed by atoms with Gasteiger partial charge in [0, 0.05) is 30.5 Å². The average Bonchev–Trinajstić information content (AvgIpc) is 3.07. The topological polar surface area (TPSA) is 88.2 Å². The SMILES string of the molecule is O=C1CCCN1c1ncc2c(Cc3n[nH]c(=O)c4c3CCCC4)c1O2. The zero-order chi connectivity index (χ0) is 17.0. The Kier molecular flexibility index (Phi) is 3.16. The normalized spacial score (nSPS) is 17.9. The van der Waals surface area contributed by atoms with E-state index in [1.807, 2.05) is 0 Å². The first kappa shape index (κ1) is 14.6. The molecule has 5 heterocycles. The minimum atomic E-state index is -0.0645. The molecule has 7 heteroatoms. The van der Waals surface area contributed by atoms with Crippen LogP contribution in [0.5, 0.6) is 11.5 Å². The van der Waals surface area contributed by atoms with Crippen molar-refractivity contribution in [3.05, 3.63) is 38.9 Å². The highest BCUT2D eigenvalue weighted by atomic mass is 16.5. The maximum Gasteiger partial charge on any atom is 0.267 e. The number of aromatic amines is 1. The van der Waals surface area contributed by atoms with Gasteiger partial charge < -0.3 is 4.74 Å². The summed E-state index contributed by atoms with van der Waals surface area (Å²) < 4.78 is 5.72. The molecule has 1 saturated heterocycles. The van der Waals surface area contributed by atoms with E-state index in [0.717, 1.165) is 60.2 Å². The molecule has 0 spiro atoms. The van der Waals surface area contributed by atoms with Crippen molar-refractivity contribution in [3.63, 3.8) is 0 Å². The average molecular weight is 338 g/mol. The lowest BCUT2D eigenvalue weighted by Crippen LogP contribution is -2.28. The molecule has 25 heavy (non-hydrogen) atoms. The van der Waals surface area contributed by atoms with Crippen LogP contribution in [0.15, 0.2) is 11.0 Å². The van der Waals surface area contributed by atoms with Gasteiger partial charge in [0.05, 0.1) is 11.9 Å². The molecule has 0 saturated carbocycles. The number of anilines is 1.